The van der Waals surface area contributed by atoms with Crippen molar-refractivity contribution in [3.63, 3.8) is 0 Å². The van der Waals surface area contributed by atoms with Crippen LogP contribution in [-0.2, 0) is 6.54 Å². The molecule has 0 atom stereocenters. The fourth-order valence-corrected chi connectivity index (χ4v) is 5.57. The summed E-state index contributed by atoms with van der Waals surface area (Å²) in [5.41, 5.74) is 1.24. The monoisotopic (exact) mass is 395 g/mol. The van der Waals surface area contributed by atoms with Crippen molar-refractivity contribution in [1.29, 1.82) is 0 Å². The minimum Gasteiger partial charge on any atom is -0.494 e. The lowest BCUT2D eigenvalue weighted by atomic mass is 9.95. The second kappa shape index (κ2) is 7.80. The molecule has 0 unspecified atom stereocenters. The third kappa shape index (κ3) is 3.53. The second-order valence-corrected chi connectivity index (χ2v) is 9.30. The Hall–Kier alpha value is -1.98. The maximum absolute atomic E-state index is 10.9. The van der Waals surface area contributed by atoms with E-state index in [-0.39, 0.29) is 0 Å². The maximum atomic E-state index is 10.9. The van der Waals surface area contributed by atoms with Crippen molar-refractivity contribution >= 4 is 27.8 Å². The zero-order valence-corrected chi connectivity index (χ0v) is 17.2. The number of rotatable bonds is 4. The SMILES string of the molecule is Oc1c2cc(N3CCN(Cc4cccs4)CC3)ccc2cn1C1CCCCC1. The van der Waals surface area contributed by atoms with Crippen LogP contribution in [0.1, 0.15) is 43.0 Å². The van der Waals surface area contributed by atoms with Gasteiger partial charge >= 0.3 is 0 Å². The van der Waals surface area contributed by atoms with Gasteiger partial charge in [0.1, 0.15) is 0 Å². The van der Waals surface area contributed by atoms with Gasteiger partial charge in [0.05, 0.1) is 0 Å². The summed E-state index contributed by atoms with van der Waals surface area (Å²) in [4.78, 5) is 6.45. The largest absolute Gasteiger partial charge is 0.494 e. The number of nitrogens with zero attached hydrogens (tertiary/aromatic N) is 3. The average Bonchev–Trinajstić information content (AvgIpc) is 3.37. The van der Waals surface area contributed by atoms with E-state index in [1.807, 2.05) is 11.3 Å². The Bertz CT molecular complexity index is 919. The molecule has 3 heterocycles. The predicted molar refractivity (Wildman–Crippen MR) is 118 cm³/mol. The van der Waals surface area contributed by atoms with Crippen LogP contribution < -0.4 is 4.90 Å². The number of thiophene rings is 1. The van der Waals surface area contributed by atoms with Crippen molar-refractivity contribution in [1.82, 2.24) is 9.47 Å². The number of fused-ring (bicyclic) bond motifs is 1. The Morgan fingerprint density at radius 1 is 1.00 bits per heavy atom. The lowest BCUT2D eigenvalue weighted by molar-refractivity contribution is 0.252. The highest BCUT2D eigenvalue weighted by atomic mass is 32.1. The highest BCUT2D eigenvalue weighted by Crippen LogP contribution is 2.37. The minimum absolute atomic E-state index is 0.458. The maximum Gasteiger partial charge on any atom is 0.199 e. The molecule has 4 nitrogen and oxygen atoms in total. The molecule has 28 heavy (non-hydrogen) atoms. The van der Waals surface area contributed by atoms with Crippen LogP contribution in [0.25, 0.3) is 10.8 Å². The van der Waals surface area contributed by atoms with E-state index in [0.29, 0.717) is 11.9 Å². The Kier molecular flexibility index (Phi) is 5.03. The molecule has 1 saturated carbocycles. The second-order valence-electron chi connectivity index (χ2n) is 8.27. The van der Waals surface area contributed by atoms with Gasteiger partial charge in [0, 0.05) is 66.3 Å². The predicted octanol–water partition coefficient (Wildman–Crippen LogP) is 5.24. The van der Waals surface area contributed by atoms with Gasteiger partial charge in [0.25, 0.3) is 0 Å². The molecule has 0 amide bonds. The van der Waals surface area contributed by atoms with Gasteiger partial charge in [0.15, 0.2) is 5.88 Å². The lowest BCUT2D eigenvalue weighted by Crippen LogP contribution is -2.45. The molecular formula is C23H29N3OS. The van der Waals surface area contributed by atoms with Crippen molar-refractivity contribution < 1.29 is 5.11 Å². The summed E-state index contributed by atoms with van der Waals surface area (Å²) in [6.07, 6.45) is 8.42. The Balaban J connectivity index is 1.30. The van der Waals surface area contributed by atoms with E-state index in [0.717, 1.165) is 43.5 Å². The van der Waals surface area contributed by atoms with Crippen LogP contribution >= 0.6 is 11.3 Å². The van der Waals surface area contributed by atoms with Crippen LogP contribution in [0.5, 0.6) is 5.88 Å². The van der Waals surface area contributed by atoms with Gasteiger partial charge in [-0.25, -0.2) is 0 Å². The summed E-state index contributed by atoms with van der Waals surface area (Å²) >= 11 is 1.85. The molecule has 2 aromatic heterocycles. The van der Waals surface area contributed by atoms with Gasteiger partial charge in [-0.2, -0.15) is 0 Å². The number of hydrogen-bond donors (Lipinski definition) is 1. The molecule has 0 bridgehead atoms. The summed E-state index contributed by atoms with van der Waals surface area (Å²) in [5, 5.41) is 15.2. The first kappa shape index (κ1) is 18.1. The number of hydrogen-bond acceptors (Lipinski definition) is 4. The van der Waals surface area contributed by atoms with Crippen molar-refractivity contribution in [3.05, 3.63) is 46.8 Å². The van der Waals surface area contributed by atoms with Crippen molar-refractivity contribution in [2.75, 3.05) is 31.1 Å². The summed E-state index contributed by atoms with van der Waals surface area (Å²) < 4.78 is 2.13. The van der Waals surface area contributed by atoms with Crippen LogP contribution in [0.2, 0.25) is 0 Å². The fourth-order valence-electron chi connectivity index (χ4n) is 4.82. The Morgan fingerprint density at radius 3 is 2.57 bits per heavy atom. The Labute approximate surface area is 171 Å². The summed E-state index contributed by atoms with van der Waals surface area (Å²) in [5.74, 6) is 0.458. The molecule has 5 rings (SSSR count). The van der Waals surface area contributed by atoms with Gasteiger partial charge in [-0.05, 0) is 36.4 Å². The lowest BCUT2D eigenvalue weighted by Gasteiger charge is -2.36. The van der Waals surface area contributed by atoms with E-state index in [1.165, 1.54) is 42.7 Å². The van der Waals surface area contributed by atoms with Crippen LogP contribution in [-0.4, -0.2) is 40.8 Å². The summed E-state index contributed by atoms with van der Waals surface area (Å²) in [6.45, 7) is 5.33. The van der Waals surface area contributed by atoms with Gasteiger partial charge in [-0.3, -0.25) is 4.90 Å². The van der Waals surface area contributed by atoms with Crippen LogP contribution in [0, 0.1) is 0 Å². The molecule has 1 aromatic carbocycles. The molecule has 1 saturated heterocycles. The molecule has 2 aliphatic rings. The summed E-state index contributed by atoms with van der Waals surface area (Å²) in [6, 6.07) is 11.4. The Morgan fingerprint density at radius 2 is 1.82 bits per heavy atom. The number of aromatic hydroxyl groups is 1. The van der Waals surface area contributed by atoms with Crippen LogP contribution in [0.15, 0.2) is 41.9 Å². The third-order valence-corrected chi connectivity index (χ3v) is 7.33. The topological polar surface area (TPSA) is 31.6 Å². The van der Waals surface area contributed by atoms with Crippen molar-refractivity contribution in [2.45, 2.75) is 44.7 Å². The highest BCUT2D eigenvalue weighted by Gasteiger charge is 2.21. The van der Waals surface area contributed by atoms with E-state index in [2.05, 4.69) is 56.3 Å². The quantitative estimate of drug-likeness (QED) is 0.656. The molecule has 3 aromatic rings. The van der Waals surface area contributed by atoms with E-state index < -0.39 is 0 Å². The highest BCUT2D eigenvalue weighted by molar-refractivity contribution is 7.09. The van der Waals surface area contributed by atoms with Gasteiger partial charge < -0.3 is 14.6 Å². The molecule has 0 spiro atoms. The van der Waals surface area contributed by atoms with Crippen LogP contribution in [0.4, 0.5) is 5.69 Å². The zero-order chi connectivity index (χ0) is 18.9. The molecule has 5 heteroatoms. The first-order valence-electron chi connectivity index (χ1n) is 10.6. The number of benzene rings is 1. The van der Waals surface area contributed by atoms with Gasteiger partial charge in [0.2, 0.25) is 0 Å². The first-order valence-corrected chi connectivity index (χ1v) is 11.5. The molecule has 1 N–H and O–H groups in total. The van der Waals surface area contributed by atoms with E-state index in [1.54, 1.807) is 0 Å². The molecule has 148 valence electrons. The first-order chi connectivity index (χ1) is 13.8. The fraction of sp³-hybridized carbons (Fsp3) is 0.478. The minimum atomic E-state index is 0.458. The normalized spacial score (nSPS) is 19.5. The number of anilines is 1. The molecule has 0 radical (unpaired) electrons. The van der Waals surface area contributed by atoms with E-state index in [9.17, 15) is 5.11 Å². The smallest absolute Gasteiger partial charge is 0.199 e. The van der Waals surface area contributed by atoms with E-state index in [4.69, 9.17) is 0 Å². The van der Waals surface area contributed by atoms with Crippen molar-refractivity contribution in [3.8, 4) is 5.88 Å². The molecular weight excluding hydrogens is 366 g/mol. The zero-order valence-electron chi connectivity index (χ0n) is 16.4. The molecule has 1 aliphatic heterocycles. The number of aromatic nitrogens is 1. The molecule has 2 fully saturated rings. The van der Waals surface area contributed by atoms with Crippen molar-refractivity contribution in [2.24, 2.45) is 0 Å². The van der Waals surface area contributed by atoms with E-state index >= 15 is 0 Å². The van der Waals surface area contributed by atoms with Gasteiger partial charge in [-0.1, -0.05) is 31.4 Å². The van der Waals surface area contributed by atoms with Crippen LogP contribution in [0.3, 0.4) is 0 Å². The molecule has 1 aliphatic carbocycles. The third-order valence-electron chi connectivity index (χ3n) is 6.47. The summed E-state index contributed by atoms with van der Waals surface area (Å²) in [7, 11) is 0. The average molecular weight is 396 g/mol. The number of piperazine rings is 1. The van der Waals surface area contributed by atoms with Gasteiger partial charge in [-0.15, -0.1) is 11.3 Å². The standard InChI is InChI=1S/C23H29N3OS/c27-23-22-15-20(9-8-18(22)16-26(23)19-5-2-1-3-6-19)25-12-10-24(11-13-25)17-21-7-4-14-28-21/h4,7-9,14-16,19,27H,1-3,5-6,10-13,17H2.